The molecule has 1 aromatic carbocycles. The highest BCUT2D eigenvalue weighted by atomic mass is 32.1. The van der Waals surface area contributed by atoms with E-state index in [1.54, 1.807) is 12.1 Å². The van der Waals surface area contributed by atoms with Gasteiger partial charge in [0.15, 0.2) is 10.8 Å². The number of amides is 2. The molecule has 2 aromatic heterocycles. The summed E-state index contributed by atoms with van der Waals surface area (Å²) in [6.07, 6.45) is -3.13. The number of rotatable bonds is 4. The van der Waals surface area contributed by atoms with Crippen molar-refractivity contribution in [2.75, 3.05) is 0 Å². The van der Waals surface area contributed by atoms with Crippen LogP contribution in [0.4, 0.5) is 18.0 Å². The lowest BCUT2D eigenvalue weighted by molar-refractivity contribution is -0.183. The first-order valence-corrected chi connectivity index (χ1v) is 10.3. The SMILES string of the molecule is O=C(NCc1ccc(-c2nc3ccccc3s2)o1)N[C@@H]1CCC[C@H](C(F)(F)F)C1. The number of aromatic nitrogens is 1. The second-order valence-electron chi connectivity index (χ2n) is 7.18. The fourth-order valence-electron chi connectivity index (χ4n) is 3.59. The minimum absolute atomic E-state index is 0.0700. The standard InChI is InChI=1S/C20H20F3N3O2S/c21-20(22,23)12-4-3-5-13(10-12)25-19(27)24-11-14-8-9-16(28-14)18-26-15-6-1-2-7-17(15)29-18/h1-2,6-9,12-13H,3-5,10-11H2,(H2,24,25,27)/t12-,13+/m0/s1. The summed E-state index contributed by atoms with van der Waals surface area (Å²) in [7, 11) is 0. The molecule has 1 saturated carbocycles. The molecule has 29 heavy (non-hydrogen) atoms. The van der Waals surface area contributed by atoms with Crippen molar-refractivity contribution in [2.24, 2.45) is 5.92 Å². The average molecular weight is 423 g/mol. The molecule has 2 heterocycles. The molecular formula is C20H20F3N3O2S. The first-order chi connectivity index (χ1) is 13.9. The smallest absolute Gasteiger partial charge is 0.391 e. The quantitative estimate of drug-likeness (QED) is 0.584. The van der Waals surface area contributed by atoms with Crippen molar-refractivity contribution < 1.29 is 22.4 Å². The zero-order chi connectivity index (χ0) is 20.4. The highest BCUT2D eigenvalue weighted by Gasteiger charge is 2.42. The van der Waals surface area contributed by atoms with Crippen LogP contribution >= 0.6 is 11.3 Å². The van der Waals surface area contributed by atoms with Gasteiger partial charge in [-0.05, 0) is 43.5 Å². The Morgan fingerprint density at radius 3 is 2.83 bits per heavy atom. The van der Waals surface area contributed by atoms with E-state index in [0.717, 1.165) is 15.2 Å². The second-order valence-corrected chi connectivity index (χ2v) is 8.21. The van der Waals surface area contributed by atoms with Gasteiger partial charge in [-0.15, -0.1) is 11.3 Å². The number of nitrogens with one attached hydrogen (secondary N) is 2. The summed E-state index contributed by atoms with van der Waals surface area (Å²) in [5, 5.41) is 6.05. The normalized spacial score (nSPS) is 20.0. The van der Waals surface area contributed by atoms with Crippen molar-refractivity contribution in [1.82, 2.24) is 15.6 Å². The molecule has 4 rings (SSSR count). The molecule has 0 bridgehead atoms. The van der Waals surface area contributed by atoms with E-state index in [1.807, 2.05) is 24.3 Å². The fraction of sp³-hybridized carbons (Fsp3) is 0.400. The van der Waals surface area contributed by atoms with Gasteiger partial charge < -0.3 is 15.1 Å². The zero-order valence-corrected chi connectivity index (χ0v) is 16.3. The van der Waals surface area contributed by atoms with Crippen molar-refractivity contribution in [3.63, 3.8) is 0 Å². The van der Waals surface area contributed by atoms with Crippen molar-refractivity contribution in [2.45, 2.75) is 44.4 Å². The van der Waals surface area contributed by atoms with E-state index in [4.69, 9.17) is 4.42 Å². The van der Waals surface area contributed by atoms with E-state index in [9.17, 15) is 18.0 Å². The van der Waals surface area contributed by atoms with Gasteiger partial charge in [-0.3, -0.25) is 0 Å². The van der Waals surface area contributed by atoms with Gasteiger partial charge >= 0.3 is 12.2 Å². The molecule has 0 unspecified atom stereocenters. The monoisotopic (exact) mass is 423 g/mol. The molecule has 0 aliphatic heterocycles. The van der Waals surface area contributed by atoms with Crippen LogP contribution in [-0.2, 0) is 6.54 Å². The van der Waals surface area contributed by atoms with E-state index >= 15 is 0 Å². The Bertz CT molecular complexity index is 965. The maximum Gasteiger partial charge on any atom is 0.391 e. The summed E-state index contributed by atoms with van der Waals surface area (Å²) < 4.78 is 45.5. The Balaban J connectivity index is 1.31. The molecule has 0 spiro atoms. The van der Waals surface area contributed by atoms with Crippen LogP contribution in [0.2, 0.25) is 0 Å². The van der Waals surface area contributed by atoms with E-state index in [0.29, 0.717) is 24.4 Å². The van der Waals surface area contributed by atoms with Gasteiger partial charge in [0.2, 0.25) is 0 Å². The van der Waals surface area contributed by atoms with E-state index in [1.165, 1.54) is 11.3 Å². The number of carbonyl (C=O) groups excluding carboxylic acids is 1. The molecule has 0 saturated heterocycles. The molecule has 2 atom stereocenters. The lowest BCUT2D eigenvalue weighted by atomic mass is 9.85. The van der Waals surface area contributed by atoms with Crippen molar-refractivity contribution in [3.8, 4) is 10.8 Å². The Labute approximate surface area is 169 Å². The van der Waals surface area contributed by atoms with Gasteiger partial charge in [-0.1, -0.05) is 18.6 Å². The molecule has 2 amide bonds. The molecule has 2 N–H and O–H groups in total. The van der Waals surface area contributed by atoms with Crippen LogP contribution < -0.4 is 10.6 Å². The summed E-state index contributed by atoms with van der Waals surface area (Å²) in [4.78, 5) is 16.6. The van der Waals surface area contributed by atoms with E-state index in [-0.39, 0.29) is 19.4 Å². The van der Waals surface area contributed by atoms with Crippen molar-refractivity contribution in [3.05, 3.63) is 42.2 Å². The van der Waals surface area contributed by atoms with Crippen molar-refractivity contribution in [1.29, 1.82) is 0 Å². The number of benzene rings is 1. The number of urea groups is 1. The number of furan rings is 1. The summed E-state index contributed by atoms with van der Waals surface area (Å²) in [6, 6.07) is 10.4. The Morgan fingerprint density at radius 1 is 1.21 bits per heavy atom. The fourth-order valence-corrected chi connectivity index (χ4v) is 4.51. The third kappa shape index (κ3) is 4.72. The topological polar surface area (TPSA) is 67.2 Å². The molecule has 5 nitrogen and oxygen atoms in total. The Hall–Kier alpha value is -2.55. The number of fused-ring (bicyclic) bond motifs is 1. The number of hydrogen-bond acceptors (Lipinski definition) is 4. The largest absolute Gasteiger partial charge is 0.457 e. The molecular weight excluding hydrogens is 403 g/mol. The predicted octanol–water partition coefficient (Wildman–Crippen LogP) is 5.48. The number of hydrogen-bond donors (Lipinski definition) is 2. The van der Waals surface area contributed by atoms with Crippen LogP contribution in [0, 0.1) is 5.92 Å². The van der Waals surface area contributed by atoms with Gasteiger partial charge in [0.05, 0.1) is 22.7 Å². The zero-order valence-electron chi connectivity index (χ0n) is 15.5. The lowest BCUT2D eigenvalue weighted by Crippen LogP contribution is -2.45. The Kier molecular flexibility index (Phi) is 5.49. The minimum Gasteiger partial charge on any atom is -0.457 e. The van der Waals surface area contributed by atoms with Gasteiger partial charge in [0, 0.05) is 6.04 Å². The average Bonchev–Trinajstić information content (AvgIpc) is 3.32. The van der Waals surface area contributed by atoms with Crippen LogP contribution in [-0.4, -0.2) is 23.2 Å². The number of halogens is 3. The Morgan fingerprint density at radius 2 is 2.03 bits per heavy atom. The molecule has 1 fully saturated rings. The molecule has 1 aliphatic rings. The number of thiazole rings is 1. The van der Waals surface area contributed by atoms with Crippen LogP contribution in [0.3, 0.4) is 0 Å². The highest BCUT2D eigenvalue weighted by molar-refractivity contribution is 7.21. The molecule has 9 heteroatoms. The second kappa shape index (κ2) is 8.06. The van der Waals surface area contributed by atoms with Gasteiger partial charge in [-0.2, -0.15) is 13.2 Å². The van der Waals surface area contributed by atoms with Gasteiger partial charge in [-0.25, -0.2) is 9.78 Å². The summed E-state index contributed by atoms with van der Waals surface area (Å²) in [6.45, 7) is 0.145. The highest BCUT2D eigenvalue weighted by Crippen LogP contribution is 2.37. The molecule has 154 valence electrons. The maximum absolute atomic E-state index is 12.9. The summed E-state index contributed by atoms with van der Waals surface area (Å²) >= 11 is 1.52. The summed E-state index contributed by atoms with van der Waals surface area (Å²) in [5.74, 6) is -0.182. The molecule has 1 aliphatic carbocycles. The van der Waals surface area contributed by atoms with Crippen LogP contribution in [0.15, 0.2) is 40.8 Å². The third-order valence-corrected chi connectivity index (χ3v) is 6.11. The number of alkyl halides is 3. The lowest BCUT2D eigenvalue weighted by Gasteiger charge is -2.30. The maximum atomic E-state index is 12.9. The molecule has 3 aromatic rings. The third-order valence-electron chi connectivity index (χ3n) is 5.06. The van der Waals surface area contributed by atoms with E-state index in [2.05, 4.69) is 15.6 Å². The number of carbonyl (C=O) groups is 1. The van der Waals surface area contributed by atoms with Crippen LogP contribution in [0.1, 0.15) is 31.4 Å². The first kappa shape index (κ1) is 19.8. The first-order valence-electron chi connectivity index (χ1n) is 9.44. The van der Waals surface area contributed by atoms with Crippen LogP contribution in [0.25, 0.3) is 21.0 Å². The van der Waals surface area contributed by atoms with Crippen LogP contribution in [0.5, 0.6) is 0 Å². The number of para-hydroxylation sites is 1. The van der Waals surface area contributed by atoms with Gasteiger partial charge in [0.1, 0.15) is 5.76 Å². The molecule has 0 radical (unpaired) electrons. The van der Waals surface area contributed by atoms with E-state index < -0.39 is 24.2 Å². The minimum atomic E-state index is -4.21. The predicted molar refractivity (Wildman–Crippen MR) is 104 cm³/mol. The van der Waals surface area contributed by atoms with Crippen molar-refractivity contribution >= 4 is 27.6 Å². The van der Waals surface area contributed by atoms with Gasteiger partial charge in [0.25, 0.3) is 0 Å². The number of nitrogens with zero attached hydrogens (tertiary/aromatic N) is 1. The summed E-state index contributed by atoms with van der Waals surface area (Å²) in [5.41, 5.74) is 0.896.